The molecular formula is C20H14N4O5. The summed E-state index contributed by atoms with van der Waals surface area (Å²) in [6, 6.07) is 17.8. The van der Waals surface area contributed by atoms with Gasteiger partial charge in [-0.25, -0.2) is 5.43 Å². The van der Waals surface area contributed by atoms with Crippen LogP contribution in [0.4, 0.5) is 5.69 Å². The van der Waals surface area contributed by atoms with Crippen LogP contribution in [0.3, 0.4) is 0 Å². The summed E-state index contributed by atoms with van der Waals surface area (Å²) in [4.78, 5) is 22.0. The van der Waals surface area contributed by atoms with Crippen molar-refractivity contribution in [2.45, 2.75) is 0 Å². The van der Waals surface area contributed by atoms with Crippen molar-refractivity contribution in [3.63, 3.8) is 0 Å². The highest BCUT2D eigenvalue weighted by Gasteiger charge is 2.08. The summed E-state index contributed by atoms with van der Waals surface area (Å²) < 4.78 is 10.9. The predicted octanol–water partition coefficient (Wildman–Crippen LogP) is 3.26. The number of non-ortho nitro benzene ring substituents is 1. The minimum absolute atomic E-state index is 0.00980. The molecule has 0 aliphatic rings. The van der Waals surface area contributed by atoms with E-state index in [-0.39, 0.29) is 12.3 Å². The van der Waals surface area contributed by atoms with Gasteiger partial charge in [-0.1, -0.05) is 12.1 Å². The van der Waals surface area contributed by atoms with Crippen molar-refractivity contribution < 1.29 is 18.9 Å². The van der Waals surface area contributed by atoms with Gasteiger partial charge in [-0.3, -0.25) is 14.9 Å². The number of ether oxygens (including phenoxy) is 1. The molecule has 0 saturated carbocycles. The number of nitrogens with one attached hydrogen (secondary N) is 1. The van der Waals surface area contributed by atoms with E-state index >= 15 is 0 Å². The van der Waals surface area contributed by atoms with E-state index in [0.29, 0.717) is 28.4 Å². The van der Waals surface area contributed by atoms with Gasteiger partial charge in [0.15, 0.2) is 6.61 Å². The number of rotatable bonds is 7. The van der Waals surface area contributed by atoms with Crippen molar-refractivity contribution in [1.29, 1.82) is 5.26 Å². The van der Waals surface area contributed by atoms with Crippen LogP contribution in [0.15, 0.2) is 70.2 Å². The van der Waals surface area contributed by atoms with E-state index in [0.717, 1.165) is 0 Å². The van der Waals surface area contributed by atoms with Gasteiger partial charge >= 0.3 is 0 Å². The molecule has 0 saturated heterocycles. The van der Waals surface area contributed by atoms with E-state index in [1.165, 1.54) is 18.3 Å². The fourth-order valence-electron chi connectivity index (χ4n) is 2.35. The second-order valence-corrected chi connectivity index (χ2v) is 5.70. The Morgan fingerprint density at radius 3 is 2.69 bits per heavy atom. The standard InChI is InChI=1S/C20H14N4O5/c21-11-15-3-1-2-4-18(15)28-13-20(25)23-22-12-17-9-10-19(29-17)14-5-7-16(8-6-14)24(26)27/h1-10,12H,13H2,(H,23,25)/b22-12-. The number of furan rings is 1. The fraction of sp³-hybridized carbons (Fsp3) is 0.0500. The summed E-state index contributed by atoms with van der Waals surface area (Å²) >= 11 is 0. The number of carbonyl (C=O) groups is 1. The number of nitro benzene ring substituents is 1. The Morgan fingerprint density at radius 2 is 1.97 bits per heavy atom. The lowest BCUT2D eigenvalue weighted by molar-refractivity contribution is -0.384. The fourth-order valence-corrected chi connectivity index (χ4v) is 2.35. The Kier molecular flexibility index (Phi) is 5.97. The number of hydrazone groups is 1. The number of amides is 1. The van der Waals surface area contributed by atoms with E-state index in [1.54, 1.807) is 48.5 Å². The highest BCUT2D eigenvalue weighted by molar-refractivity contribution is 5.81. The highest BCUT2D eigenvalue weighted by atomic mass is 16.6. The van der Waals surface area contributed by atoms with Gasteiger partial charge in [-0.05, 0) is 36.4 Å². The molecule has 0 unspecified atom stereocenters. The van der Waals surface area contributed by atoms with Crippen molar-refractivity contribution in [1.82, 2.24) is 5.43 Å². The van der Waals surface area contributed by atoms with Gasteiger partial charge in [-0.2, -0.15) is 10.4 Å². The minimum Gasteiger partial charge on any atom is -0.482 e. The Labute approximate surface area is 165 Å². The average molecular weight is 390 g/mol. The van der Waals surface area contributed by atoms with Gasteiger partial charge in [0, 0.05) is 17.7 Å². The van der Waals surface area contributed by atoms with Crippen LogP contribution in [0, 0.1) is 21.4 Å². The maximum absolute atomic E-state index is 11.8. The molecule has 2 aromatic carbocycles. The number of nitriles is 1. The summed E-state index contributed by atoms with van der Waals surface area (Å²) in [5.41, 5.74) is 3.29. The first-order valence-corrected chi connectivity index (χ1v) is 8.35. The molecule has 29 heavy (non-hydrogen) atoms. The van der Waals surface area contributed by atoms with Crippen LogP contribution in [-0.2, 0) is 4.79 Å². The second-order valence-electron chi connectivity index (χ2n) is 5.70. The third-order valence-corrected chi connectivity index (χ3v) is 3.74. The third kappa shape index (κ3) is 5.05. The molecule has 0 radical (unpaired) electrons. The molecule has 0 spiro atoms. The van der Waals surface area contributed by atoms with Crippen molar-refractivity contribution >= 4 is 17.8 Å². The SMILES string of the molecule is N#Cc1ccccc1OCC(=O)N/N=C\c1ccc(-c2ccc([N+](=O)[O-])cc2)o1. The van der Waals surface area contributed by atoms with Gasteiger partial charge in [0.25, 0.3) is 11.6 Å². The number of hydrogen-bond acceptors (Lipinski definition) is 7. The molecule has 0 aliphatic heterocycles. The molecule has 0 fully saturated rings. The van der Waals surface area contributed by atoms with Crippen LogP contribution in [0.5, 0.6) is 5.75 Å². The minimum atomic E-state index is -0.504. The quantitative estimate of drug-likeness (QED) is 0.374. The van der Waals surface area contributed by atoms with E-state index < -0.39 is 10.8 Å². The van der Waals surface area contributed by atoms with Crippen LogP contribution >= 0.6 is 0 Å². The average Bonchev–Trinajstić information content (AvgIpc) is 3.21. The number of nitrogens with zero attached hydrogens (tertiary/aromatic N) is 3. The van der Waals surface area contributed by atoms with Gasteiger partial charge in [0.2, 0.25) is 0 Å². The van der Waals surface area contributed by atoms with Crippen molar-refractivity contribution in [3.05, 3.63) is 82.1 Å². The summed E-state index contributed by atoms with van der Waals surface area (Å²) in [5.74, 6) is 0.697. The van der Waals surface area contributed by atoms with Crippen LogP contribution in [0.1, 0.15) is 11.3 Å². The van der Waals surface area contributed by atoms with Gasteiger partial charge < -0.3 is 9.15 Å². The highest BCUT2D eigenvalue weighted by Crippen LogP contribution is 2.24. The number of benzene rings is 2. The second kappa shape index (κ2) is 8.96. The van der Waals surface area contributed by atoms with E-state index in [4.69, 9.17) is 14.4 Å². The van der Waals surface area contributed by atoms with Crippen molar-refractivity contribution in [2.24, 2.45) is 5.10 Å². The van der Waals surface area contributed by atoms with Crippen molar-refractivity contribution in [3.8, 4) is 23.1 Å². The zero-order valence-corrected chi connectivity index (χ0v) is 14.9. The first kappa shape index (κ1) is 19.3. The Balaban J connectivity index is 1.53. The predicted molar refractivity (Wildman–Crippen MR) is 103 cm³/mol. The molecular weight excluding hydrogens is 376 g/mol. The van der Waals surface area contributed by atoms with Crippen LogP contribution in [0.25, 0.3) is 11.3 Å². The summed E-state index contributed by atoms with van der Waals surface area (Å²) in [7, 11) is 0. The van der Waals surface area contributed by atoms with E-state index in [2.05, 4.69) is 10.5 Å². The van der Waals surface area contributed by atoms with Crippen LogP contribution < -0.4 is 10.2 Å². The van der Waals surface area contributed by atoms with Gasteiger partial charge in [-0.15, -0.1) is 0 Å². The summed E-state index contributed by atoms with van der Waals surface area (Å²) in [6.07, 6.45) is 1.32. The number of hydrogen-bond donors (Lipinski definition) is 1. The number of carbonyl (C=O) groups excluding carboxylic acids is 1. The number of nitro groups is 1. The van der Waals surface area contributed by atoms with Crippen molar-refractivity contribution in [2.75, 3.05) is 6.61 Å². The molecule has 0 bridgehead atoms. The molecule has 0 atom stereocenters. The smallest absolute Gasteiger partial charge is 0.277 e. The molecule has 1 amide bonds. The maximum Gasteiger partial charge on any atom is 0.277 e. The molecule has 1 aromatic heterocycles. The molecule has 144 valence electrons. The largest absolute Gasteiger partial charge is 0.482 e. The first-order chi connectivity index (χ1) is 14.1. The van der Waals surface area contributed by atoms with E-state index in [9.17, 15) is 14.9 Å². The van der Waals surface area contributed by atoms with E-state index in [1.807, 2.05) is 6.07 Å². The molecule has 3 rings (SSSR count). The van der Waals surface area contributed by atoms with Gasteiger partial charge in [0.1, 0.15) is 23.3 Å². The monoisotopic (exact) mass is 390 g/mol. The normalized spacial score (nSPS) is 10.4. The Bertz CT molecular complexity index is 1100. The third-order valence-electron chi connectivity index (χ3n) is 3.74. The Hall–Kier alpha value is -4.45. The zero-order valence-electron chi connectivity index (χ0n) is 14.9. The lowest BCUT2D eigenvalue weighted by Crippen LogP contribution is -2.24. The van der Waals surface area contributed by atoms with Crippen LogP contribution in [0.2, 0.25) is 0 Å². The zero-order chi connectivity index (χ0) is 20.6. The molecule has 9 nitrogen and oxygen atoms in total. The molecule has 1 N–H and O–H groups in total. The molecule has 3 aromatic rings. The van der Waals surface area contributed by atoms with Gasteiger partial charge in [0.05, 0.1) is 16.7 Å². The summed E-state index contributed by atoms with van der Waals surface area (Å²) in [5, 5.41) is 23.5. The molecule has 0 aliphatic carbocycles. The lowest BCUT2D eigenvalue weighted by Gasteiger charge is -2.05. The number of para-hydroxylation sites is 1. The molecule has 1 heterocycles. The maximum atomic E-state index is 11.8. The van der Waals surface area contributed by atoms with Crippen LogP contribution in [-0.4, -0.2) is 23.7 Å². The first-order valence-electron chi connectivity index (χ1n) is 8.35. The molecule has 9 heteroatoms. The topological polar surface area (TPSA) is 131 Å². The lowest BCUT2D eigenvalue weighted by atomic mass is 10.1. The Morgan fingerprint density at radius 1 is 1.21 bits per heavy atom. The summed E-state index contributed by atoms with van der Waals surface area (Å²) in [6.45, 7) is -0.303.